The van der Waals surface area contributed by atoms with Gasteiger partial charge in [-0.3, -0.25) is 0 Å². The fraction of sp³-hybridized carbons (Fsp3) is 1.00. The van der Waals surface area contributed by atoms with E-state index in [1.807, 2.05) is 0 Å². The predicted octanol–water partition coefficient (Wildman–Crippen LogP) is 6.10. The molecule has 1 N–H and O–H groups in total. The summed E-state index contributed by atoms with van der Waals surface area (Å²) in [5, 5.41) is 8.73. The van der Waals surface area contributed by atoms with Gasteiger partial charge in [-0.25, -0.2) is 0 Å². The van der Waals surface area contributed by atoms with Crippen LogP contribution in [0.15, 0.2) is 0 Å². The van der Waals surface area contributed by atoms with Crippen LogP contribution in [0.4, 0.5) is 0 Å². The van der Waals surface area contributed by atoms with E-state index in [0.29, 0.717) is 6.61 Å². The summed E-state index contributed by atoms with van der Waals surface area (Å²) in [7, 11) is 2.74. The van der Waals surface area contributed by atoms with Crippen LogP contribution in [0.2, 0.25) is 6.04 Å². The zero-order valence-corrected chi connectivity index (χ0v) is 18.9. The Morgan fingerprint density at radius 1 is 0.462 bits per heavy atom. The van der Waals surface area contributed by atoms with Gasteiger partial charge in [0.15, 0.2) is 0 Å². The summed E-state index contributed by atoms with van der Waals surface area (Å²) in [5.74, 6) is 0. The van der Waals surface area contributed by atoms with E-state index in [1.165, 1.54) is 89.9 Å². The normalized spacial score (nSPS) is 12.0. The van der Waals surface area contributed by atoms with Gasteiger partial charge in [0.1, 0.15) is 0 Å². The standard InChI is InChI=1S/C21H46O4Si/c1-23-26(24-2,25-3)21-19-17-15-13-11-9-7-5-4-6-8-10-12-14-16-18-20-22/h22H,4-21H2,1-3H3. The second-order valence-corrected chi connectivity index (χ2v) is 10.5. The maximum Gasteiger partial charge on any atom is 0.500 e. The third kappa shape index (κ3) is 15.1. The molecule has 0 amide bonds. The molecule has 0 aromatic heterocycles. The minimum Gasteiger partial charge on any atom is -0.396 e. The summed E-state index contributed by atoms with van der Waals surface area (Å²) in [6.45, 7) is 0.359. The molecule has 0 fully saturated rings. The summed E-state index contributed by atoms with van der Waals surface area (Å²) >= 11 is 0. The number of unbranched alkanes of at least 4 members (excludes halogenated alkanes) is 15. The van der Waals surface area contributed by atoms with E-state index in [-0.39, 0.29) is 0 Å². The predicted molar refractivity (Wildman–Crippen MR) is 113 cm³/mol. The molecule has 0 atom stereocenters. The summed E-state index contributed by atoms with van der Waals surface area (Å²) in [6, 6.07) is 0.929. The Labute approximate surface area is 164 Å². The molecule has 0 saturated carbocycles. The highest BCUT2D eigenvalue weighted by Gasteiger charge is 2.36. The van der Waals surface area contributed by atoms with Gasteiger partial charge in [0, 0.05) is 34.0 Å². The molecule has 0 aliphatic rings. The van der Waals surface area contributed by atoms with Gasteiger partial charge >= 0.3 is 8.80 Å². The molecule has 0 saturated heterocycles. The molecule has 5 heteroatoms. The van der Waals surface area contributed by atoms with Crippen LogP contribution in [-0.4, -0.2) is 41.8 Å². The summed E-state index contributed by atoms with van der Waals surface area (Å²) < 4.78 is 16.4. The van der Waals surface area contributed by atoms with E-state index >= 15 is 0 Å². The Hall–Kier alpha value is 0.0569. The molecule has 4 nitrogen and oxygen atoms in total. The van der Waals surface area contributed by atoms with Crippen LogP contribution in [0.5, 0.6) is 0 Å². The maximum atomic E-state index is 8.73. The Morgan fingerprint density at radius 2 is 0.731 bits per heavy atom. The lowest BCUT2D eigenvalue weighted by Gasteiger charge is -2.24. The van der Waals surface area contributed by atoms with E-state index in [4.69, 9.17) is 18.4 Å². The first-order valence-electron chi connectivity index (χ1n) is 11.0. The van der Waals surface area contributed by atoms with Crippen molar-refractivity contribution in [1.29, 1.82) is 0 Å². The van der Waals surface area contributed by atoms with E-state index in [9.17, 15) is 0 Å². The van der Waals surface area contributed by atoms with Crippen molar-refractivity contribution < 1.29 is 18.4 Å². The number of rotatable bonds is 21. The van der Waals surface area contributed by atoms with Crippen molar-refractivity contribution in [3.63, 3.8) is 0 Å². The van der Waals surface area contributed by atoms with E-state index < -0.39 is 8.80 Å². The summed E-state index contributed by atoms with van der Waals surface area (Å²) in [4.78, 5) is 0. The van der Waals surface area contributed by atoms with Gasteiger partial charge in [-0.15, -0.1) is 0 Å². The van der Waals surface area contributed by atoms with E-state index in [1.54, 1.807) is 21.3 Å². The van der Waals surface area contributed by atoms with Gasteiger partial charge in [0.25, 0.3) is 0 Å². The SMILES string of the molecule is CO[Si](CCCCCCCCCCCCCCCCCCO)(OC)OC. The number of hydrogen-bond acceptors (Lipinski definition) is 4. The molecular formula is C21H46O4Si. The van der Waals surface area contributed by atoms with Crippen LogP contribution in [0.25, 0.3) is 0 Å². The molecule has 0 aromatic carbocycles. The van der Waals surface area contributed by atoms with Crippen LogP contribution < -0.4 is 0 Å². The zero-order valence-electron chi connectivity index (χ0n) is 17.9. The van der Waals surface area contributed by atoms with Gasteiger partial charge < -0.3 is 18.4 Å². The third-order valence-electron chi connectivity index (χ3n) is 5.32. The van der Waals surface area contributed by atoms with E-state index in [2.05, 4.69) is 0 Å². The first-order valence-corrected chi connectivity index (χ1v) is 12.9. The molecule has 0 heterocycles. The van der Waals surface area contributed by atoms with Crippen LogP contribution in [0.1, 0.15) is 103 Å². The topological polar surface area (TPSA) is 47.9 Å². The fourth-order valence-corrected chi connectivity index (χ4v) is 5.28. The largest absolute Gasteiger partial charge is 0.500 e. The highest BCUT2D eigenvalue weighted by atomic mass is 28.4. The van der Waals surface area contributed by atoms with Gasteiger partial charge in [0.2, 0.25) is 0 Å². The van der Waals surface area contributed by atoms with E-state index in [0.717, 1.165) is 18.9 Å². The summed E-state index contributed by atoms with van der Waals surface area (Å²) in [6.07, 6.45) is 21.1. The molecule has 0 spiro atoms. The maximum absolute atomic E-state index is 8.73. The zero-order chi connectivity index (χ0) is 19.3. The number of aliphatic hydroxyl groups excluding tert-OH is 1. The molecule has 0 unspecified atom stereocenters. The molecule has 0 aliphatic heterocycles. The van der Waals surface area contributed by atoms with Crippen molar-refractivity contribution in [3.05, 3.63) is 0 Å². The average Bonchev–Trinajstić information content (AvgIpc) is 2.68. The number of aliphatic hydroxyl groups is 1. The Kier molecular flexibility index (Phi) is 19.9. The quantitative estimate of drug-likeness (QED) is 0.190. The van der Waals surface area contributed by atoms with Gasteiger partial charge in [-0.05, 0) is 12.8 Å². The smallest absolute Gasteiger partial charge is 0.396 e. The first kappa shape index (κ1) is 26.1. The minimum absolute atomic E-state index is 0.359. The van der Waals surface area contributed by atoms with Crippen molar-refractivity contribution in [1.82, 2.24) is 0 Å². The monoisotopic (exact) mass is 390 g/mol. The van der Waals surface area contributed by atoms with Crippen LogP contribution in [0.3, 0.4) is 0 Å². The van der Waals surface area contributed by atoms with Gasteiger partial charge in [0.05, 0.1) is 0 Å². The number of hydrogen-bond donors (Lipinski definition) is 1. The molecule has 26 heavy (non-hydrogen) atoms. The third-order valence-corrected chi connectivity index (χ3v) is 8.16. The molecule has 0 aliphatic carbocycles. The Balaban J connectivity index is 3.20. The fourth-order valence-electron chi connectivity index (χ4n) is 3.48. The van der Waals surface area contributed by atoms with Crippen LogP contribution in [0, 0.1) is 0 Å². The van der Waals surface area contributed by atoms with Crippen molar-refractivity contribution >= 4 is 8.80 Å². The highest BCUT2D eigenvalue weighted by molar-refractivity contribution is 6.60. The van der Waals surface area contributed by atoms with Crippen molar-refractivity contribution in [2.75, 3.05) is 27.9 Å². The van der Waals surface area contributed by atoms with Crippen LogP contribution in [-0.2, 0) is 13.3 Å². The van der Waals surface area contributed by atoms with Gasteiger partial charge in [-0.1, -0.05) is 89.9 Å². The molecule has 0 aromatic rings. The van der Waals surface area contributed by atoms with Crippen LogP contribution >= 0.6 is 0 Å². The van der Waals surface area contributed by atoms with Crippen molar-refractivity contribution in [2.45, 2.75) is 109 Å². The molecule has 0 rings (SSSR count). The van der Waals surface area contributed by atoms with Crippen molar-refractivity contribution in [3.8, 4) is 0 Å². The lowest BCUT2D eigenvalue weighted by atomic mass is 10.0. The first-order chi connectivity index (χ1) is 12.7. The second kappa shape index (κ2) is 19.8. The second-order valence-electron chi connectivity index (χ2n) is 7.43. The molecule has 0 bridgehead atoms. The van der Waals surface area contributed by atoms with Gasteiger partial charge in [-0.2, -0.15) is 0 Å². The lowest BCUT2D eigenvalue weighted by Crippen LogP contribution is -2.42. The Bertz CT molecular complexity index is 264. The molecule has 158 valence electrons. The minimum atomic E-state index is -2.34. The summed E-state index contributed by atoms with van der Waals surface area (Å²) in [5.41, 5.74) is 0. The lowest BCUT2D eigenvalue weighted by molar-refractivity contribution is 0.122. The molecular weight excluding hydrogens is 344 g/mol. The molecule has 0 radical (unpaired) electrons. The average molecular weight is 391 g/mol. The highest BCUT2D eigenvalue weighted by Crippen LogP contribution is 2.18. The van der Waals surface area contributed by atoms with Crippen molar-refractivity contribution in [2.24, 2.45) is 0 Å². The Morgan fingerprint density at radius 3 is 1.00 bits per heavy atom.